The predicted molar refractivity (Wildman–Crippen MR) is 80.1 cm³/mol. The smallest absolute Gasteiger partial charge is 0.162 e. The number of carbonyl (C=O) groups is 1. The van der Waals surface area contributed by atoms with Crippen molar-refractivity contribution in [3.63, 3.8) is 0 Å². The average Bonchev–Trinajstić information content (AvgIpc) is 2.39. The molecule has 1 unspecified atom stereocenters. The molecule has 121 valence electrons. The summed E-state index contributed by atoms with van der Waals surface area (Å²) >= 11 is 0. The van der Waals surface area contributed by atoms with Crippen LogP contribution in [0.3, 0.4) is 0 Å². The molecule has 0 heterocycles. The summed E-state index contributed by atoms with van der Waals surface area (Å²) in [5.41, 5.74) is 0. The molecule has 0 aromatic heterocycles. The zero-order chi connectivity index (χ0) is 14.3. The van der Waals surface area contributed by atoms with E-state index in [4.69, 9.17) is 0 Å². The molecule has 20 heavy (non-hydrogen) atoms. The van der Waals surface area contributed by atoms with Crippen LogP contribution in [0.5, 0.6) is 0 Å². The first-order chi connectivity index (χ1) is 9.04. The maximum absolute atomic E-state index is 12.1. The maximum atomic E-state index is 12.1. The van der Waals surface area contributed by atoms with E-state index in [1.54, 1.807) is 0 Å². The van der Waals surface area contributed by atoms with Crippen molar-refractivity contribution < 1.29 is 27.0 Å². The molecule has 0 bridgehead atoms. The zero-order valence-electron chi connectivity index (χ0n) is 13.1. The number of allylic oxidation sites excluding steroid dienone is 2. The molecule has 0 spiro atoms. The topological polar surface area (TPSA) is 37.3 Å². The molecule has 0 aliphatic heterocycles. The standard InChI is InChI=1S/C17H30O2.Cu/c1-4-8-15(13(2)3)11-16(18)12-17(19)14-9-6-5-7-10-14;/h12-15,18H,4-11H2,1-3H3;/b16-12-;. The van der Waals surface area contributed by atoms with Crippen molar-refractivity contribution in [3.05, 3.63) is 11.8 Å². The fraction of sp³-hybridized carbons (Fsp3) is 0.824. The van der Waals surface area contributed by atoms with Crippen molar-refractivity contribution in [2.24, 2.45) is 17.8 Å². The van der Waals surface area contributed by atoms with Gasteiger partial charge >= 0.3 is 0 Å². The summed E-state index contributed by atoms with van der Waals surface area (Å²) in [6.45, 7) is 6.55. The third-order valence-electron chi connectivity index (χ3n) is 4.39. The first-order valence-corrected chi connectivity index (χ1v) is 7.98. The van der Waals surface area contributed by atoms with Gasteiger partial charge in [-0.25, -0.2) is 0 Å². The first-order valence-electron chi connectivity index (χ1n) is 7.98. The molecule has 1 fully saturated rings. The van der Waals surface area contributed by atoms with Gasteiger partial charge in [-0.3, -0.25) is 4.79 Å². The Morgan fingerprint density at radius 1 is 1.25 bits per heavy atom. The Hall–Kier alpha value is -0.271. The van der Waals surface area contributed by atoms with Crippen molar-refractivity contribution in [1.29, 1.82) is 0 Å². The van der Waals surface area contributed by atoms with E-state index in [0.717, 1.165) is 38.5 Å². The molecule has 1 saturated carbocycles. The summed E-state index contributed by atoms with van der Waals surface area (Å²) in [7, 11) is 0. The normalized spacial score (nSPS) is 18.7. The largest absolute Gasteiger partial charge is 0.512 e. The van der Waals surface area contributed by atoms with E-state index in [1.165, 1.54) is 12.5 Å². The second kappa shape index (κ2) is 10.5. The first kappa shape index (κ1) is 19.7. The number of carbonyl (C=O) groups excluding carboxylic acids is 1. The van der Waals surface area contributed by atoms with Gasteiger partial charge in [0.25, 0.3) is 0 Å². The Bertz CT molecular complexity index is 304. The van der Waals surface area contributed by atoms with Crippen LogP contribution >= 0.6 is 0 Å². The minimum absolute atomic E-state index is 0. The van der Waals surface area contributed by atoms with Gasteiger partial charge in [0.2, 0.25) is 0 Å². The average molecular weight is 330 g/mol. The van der Waals surface area contributed by atoms with Crippen LogP contribution in [-0.4, -0.2) is 10.9 Å². The second-order valence-corrected chi connectivity index (χ2v) is 6.37. The quantitative estimate of drug-likeness (QED) is 0.403. The van der Waals surface area contributed by atoms with E-state index in [1.807, 2.05) is 0 Å². The summed E-state index contributed by atoms with van der Waals surface area (Å²) in [6, 6.07) is 0. The van der Waals surface area contributed by atoms with Gasteiger partial charge in [-0.2, -0.15) is 0 Å². The van der Waals surface area contributed by atoms with Crippen molar-refractivity contribution in [2.45, 2.75) is 72.1 Å². The van der Waals surface area contributed by atoms with Crippen LogP contribution in [0.1, 0.15) is 72.1 Å². The molecule has 1 aliphatic rings. The second-order valence-electron chi connectivity index (χ2n) is 6.37. The van der Waals surface area contributed by atoms with Crippen molar-refractivity contribution >= 4 is 5.78 Å². The molecule has 1 atom stereocenters. The molecule has 1 radical (unpaired) electrons. The van der Waals surface area contributed by atoms with Crippen LogP contribution < -0.4 is 0 Å². The number of rotatable bonds is 7. The summed E-state index contributed by atoms with van der Waals surface area (Å²) in [5.74, 6) is 1.65. The van der Waals surface area contributed by atoms with Gasteiger partial charge in [0, 0.05) is 35.5 Å². The molecule has 3 heteroatoms. The number of hydrogen-bond donors (Lipinski definition) is 1. The summed E-state index contributed by atoms with van der Waals surface area (Å²) < 4.78 is 0. The number of aliphatic hydroxyl groups is 1. The summed E-state index contributed by atoms with van der Waals surface area (Å²) in [6.07, 6.45) is 10.0. The number of hydrogen-bond acceptors (Lipinski definition) is 2. The molecule has 0 aromatic carbocycles. The van der Waals surface area contributed by atoms with Crippen LogP contribution in [0.15, 0.2) is 11.8 Å². The van der Waals surface area contributed by atoms with E-state index >= 15 is 0 Å². The molecular weight excluding hydrogens is 300 g/mol. The predicted octanol–water partition coefficient (Wildman–Crippen LogP) is 5.04. The van der Waals surface area contributed by atoms with Gasteiger partial charge in [-0.1, -0.05) is 52.9 Å². The Kier molecular flexibility index (Phi) is 10.3. The van der Waals surface area contributed by atoms with Gasteiger partial charge in [0.05, 0.1) is 5.76 Å². The van der Waals surface area contributed by atoms with Crippen LogP contribution in [-0.2, 0) is 21.9 Å². The van der Waals surface area contributed by atoms with Gasteiger partial charge in [-0.05, 0) is 24.7 Å². The van der Waals surface area contributed by atoms with E-state index in [9.17, 15) is 9.90 Å². The van der Waals surface area contributed by atoms with Gasteiger partial charge in [-0.15, -0.1) is 0 Å². The van der Waals surface area contributed by atoms with Crippen LogP contribution in [0.2, 0.25) is 0 Å². The van der Waals surface area contributed by atoms with E-state index < -0.39 is 0 Å². The van der Waals surface area contributed by atoms with Crippen molar-refractivity contribution in [3.8, 4) is 0 Å². The van der Waals surface area contributed by atoms with E-state index in [-0.39, 0.29) is 28.8 Å². The maximum Gasteiger partial charge on any atom is 0.162 e. The Balaban J connectivity index is 0.00000361. The zero-order valence-corrected chi connectivity index (χ0v) is 14.1. The molecule has 1 aliphatic carbocycles. The van der Waals surface area contributed by atoms with E-state index in [0.29, 0.717) is 24.0 Å². The van der Waals surface area contributed by atoms with Gasteiger partial charge in [0.15, 0.2) is 5.78 Å². The Morgan fingerprint density at radius 2 is 1.85 bits per heavy atom. The van der Waals surface area contributed by atoms with Crippen LogP contribution in [0, 0.1) is 17.8 Å². The molecule has 1 rings (SSSR count). The number of ketones is 1. The molecule has 0 amide bonds. The van der Waals surface area contributed by atoms with Gasteiger partial charge < -0.3 is 5.11 Å². The fourth-order valence-corrected chi connectivity index (χ4v) is 3.04. The third-order valence-corrected chi connectivity index (χ3v) is 4.39. The minimum Gasteiger partial charge on any atom is -0.512 e. The van der Waals surface area contributed by atoms with Gasteiger partial charge in [0.1, 0.15) is 0 Å². The SMILES string of the molecule is CCCC(C/C(O)=C/C(=O)C1CCCCC1)C(C)C.[Cu]. The van der Waals surface area contributed by atoms with E-state index in [2.05, 4.69) is 20.8 Å². The summed E-state index contributed by atoms with van der Waals surface area (Å²) in [4.78, 5) is 12.1. The number of aliphatic hydroxyl groups excluding tert-OH is 1. The Morgan fingerprint density at radius 3 is 2.35 bits per heavy atom. The minimum atomic E-state index is 0. The van der Waals surface area contributed by atoms with Crippen LogP contribution in [0.25, 0.3) is 0 Å². The molecule has 0 aromatic rings. The molecular formula is C17H30CuO2. The van der Waals surface area contributed by atoms with Crippen LogP contribution in [0.4, 0.5) is 0 Å². The van der Waals surface area contributed by atoms with Crippen molar-refractivity contribution in [1.82, 2.24) is 0 Å². The monoisotopic (exact) mass is 329 g/mol. The van der Waals surface area contributed by atoms with Crippen molar-refractivity contribution in [2.75, 3.05) is 0 Å². The fourth-order valence-electron chi connectivity index (χ4n) is 3.04. The molecule has 2 nitrogen and oxygen atoms in total. The Labute approximate surface area is 134 Å². The molecule has 0 saturated heterocycles. The molecule has 1 N–H and O–H groups in total. The third kappa shape index (κ3) is 6.95. The summed E-state index contributed by atoms with van der Waals surface area (Å²) in [5, 5.41) is 10.0.